The van der Waals surface area contributed by atoms with E-state index in [4.69, 9.17) is 5.73 Å². The van der Waals surface area contributed by atoms with Crippen molar-refractivity contribution in [3.8, 4) is 0 Å². The average Bonchev–Trinajstić information content (AvgIpc) is 2.29. The first-order chi connectivity index (χ1) is 8.37. The highest BCUT2D eigenvalue weighted by Gasteiger charge is 2.18. The molecular weight excluding hydrogens is 252 g/mol. The lowest BCUT2D eigenvalue weighted by Gasteiger charge is -2.09. The van der Waals surface area contributed by atoms with Crippen LogP contribution in [0.3, 0.4) is 0 Å². The van der Waals surface area contributed by atoms with Crippen molar-refractivity contribution in [3.63, 3.8) is 0 Å². The van der Waals surface area contributed by atoms with Gasteiger partial charge in [-0.2, -0.15) is 0 Å². The maximum absolute atomic E-state index is 11.9. The standard InChI is InChI=1S/C12H18N2O3S/c1-9(2)18(16,17)11-5-3-10(4-6-11)14-12(15)7-8-13/h3-6,9H,7-8,13H2,1-2H3,(H,14,15). The molecule has 0 aliphatic heterocycles. The van der Waals surface area contributed by atoms with Crippen LogP contribution in [-0.2, 0) is 14.6 Å². The molecule has 1 rings (SSSR count). The number of hydrogen-bond acceptors (Lipinski definition) is 4. The van der Waals surface area contributed by atoms with Crippen molar-refractivity contribution in [1.29, 1.82) is 0 Å². The molecule has 18 heavy (non-hydrogen) atoms. The van der Waals surface area contributed by atoms with Crippen molar-refractivity contribution >= 4 is 21.4 Å². The number of carbonyl (C=O) groups excluding carboxylic acids is 1. The summed E-state index contributed by atoms with van der Waals surface area (Å²) in [6.07, 6.45) is 0.242. The molecule has 0 aromatic heterocycles. The Morgan fingerprint density at radius 3 is 2.28 bits per heavy atom. The van der Waals surface area contributed by atoms with Crippen molar-refractivity contribution in [2.75, 3.05) is 11.9 Å². The Morgan fingerprint density at radius 1 is 1.28 bits per heavy atom. The number of hydrogen-bond donors (Lipinski definition) is 2. The maximum Gasteiger partial charge on any atom is 0.225 e. The van der Waals surface area contributed by atoms with Crippen LogP contribution in [0.25, 0.3) is 0 Å². The number of sulfone groups is 1. The second-order valence-electron chi connectivity index (χ2n) is 4.20. The number of rotatable bonds is 5. The number of nitrogens with two attached hydrogens (primary N) is 1. The maximum atomic E-state index is 11.9. The zero-order chi connectivity index (χ0) is 13.8. The molecule has 1 aromatic carbocycles. The molecule has 0 heterocycles. The highest BCUT2D eigenvalue weighted by molar-refractivity contribution is 7.92. The molecule has 0 bridgehead atoms. The topological polar surface area (TPSA) is 89.3 Å². The predicted molar refractivity (Wildman–Crippen MR) is 71.1 cm³/mol. The quantitative estimate of drug-likeness (QED) is 0.840. The molecule has 0 aliphatic rings. The van der Waals surface area contributed by atoms with Crippen molar-refractivity contribution in [3.05, 3.63) is 24.3 Å². The smallest absolute Gasteiger partial charge is 0.225 e. The Labute approximate surface area is 107 Å². The Bertz CT molecular complexity index is 507. The molecule has 0 radical (unpaired) electrons. The molecule has 100 valence electrons. The monoisotopic (exact) mass is 270 g/mol. The number of amides is 1. The van der Waals surface area contributed by atoms with Gasteiger partial charge < -0.3 is 11.1 Å². The highest BCUT2D eigenvalue weighted by Crippen LogP contribution is 2.18. The molecule has 1 aromatic rings. The number of benzene rings is 1. The fraction of sp³-hybridized carbons (Fsp3) is 0.417. The Kier molecular flexibility index (Phi) is 4.86. The zero-order valence-electron chi connectivity index (χ0n) is 10.5. The van der Waals surface area contributed by atoms with Crippen LogP contribution in [0.2, 0.25) is 0 Å². The van der Waals surface area contributed by atoms with E-state index in [1.165, 1.54) is 12.1 Å². The lowest BCUT2D eigenvalue weighted by molar-refractivity contribution is -0.116. The second-order valence-corrected chi connectivity index (χ2v) is 6.71. The molecular formula is C12H18N2O3S. The van der Waals surface area contributed by atoms with E-state index in [9.17, 15) is 13.2 Å². The summed E-state index contributed by atoms with van der Waals surface area (Å²) in [5.41, 5.74) is 5.82. The lowest BCUT2D eigenvalue weighted by atomic mass is 10.3. The van der Waals surface area contributed by atoms with Crippen LogP contribution < -0.4 is 11.1 Å². The third-order valence-electron chi connectivity index (χ3n) is 2.46. The summed E-state index contributed by atoms with van der Waals surface area (Å²) in [6.45, 7) is 3.55. The van der Waals surface area contributed by atoms with Gasteiger partial charge in [-0.3, -0.25) is 4.79 Å². The van der Waals surface area contributed by atoms with Gasteiger partial charge in [-0.25, -0.2) is 8.42 Å². The zero-order valence-corrected chi connectivity index (χ0v) is 11.3. The van der Waals surface area contributed by atoms with E-state index in [1.54, 1.807) is 26.0 Å². The van der Waals surface area contributed by atoms with Crippen LogP contribution in [0, 0.1) is 0 Å². The Balaban J connectivity index is 2.84. The first-order valence-corrected chi connectivity index (χ1v) is 7.26. The lowest BCUT2D eigenvalue weighted by Crippen LogP contribution is -2.16. The molecule has 0 spiro atoms. The summed E-state index contributed by atoms with van der Waals surface area (Å²) < 4.78 is 23.7. The molecule has 3 N–H and O–H groups in total. The van der Waals surface area contributed by atoms with Gasteiger partial charge in [0.1, 0.15) is 0 Å². The van der Waals surface area contributed by atoms with E-state index in [-0.39, 0.29) is 23.8 Å². The molecule has 6 heteroatoms. The van der Waals surface area contributed by atoms with Crippen molar-refractivity contribution < 1.29 is 13.2 Å². The van der Waals surface area contributed by atoms with Gasteiger partial charge in [0.25, 0.3) is 0 Å². The van der Waals surface area contributed by atoms with Gasteiger partial charge in [0, 0.05) is 18.7 Å². The summed E-state index contributed by atoms with van der Waals surface area (Å²) in [6, 6.07) is 6.13. The third-order valence-corrected chi connectivity index (χ3v) is 4.63. The molecule has 0 saturated heterocycles. The van der Waals surface area contributed by atoms with Gasteiger partial charge in [-0.05, 0) is 38.1 Å². The van der Waals surface area contributed by atoms with Gasteiger partial charge in [-0.15, -0.1) is 0 Å². The van der Waals surface area contributed by atoms with Crippen molar-refractivity contribution in [2.24, 2.45) is 5.73 Å². The van der Waals surface area contributed by atoms with Gasteiger partial charge in [0.05, 0.1) is 10.1 Å². The minimum atomic E-state index is -3.27. The van der Waals surface area contributed by atoms with Crippen LogP contribution in [0.5, 0.6) is 0 Å². The normalized spacial score (nSPS) is 11.6. The summed E-state index contributed by atoms with van der Waals surface area (Å²) in [4.78, 5) is 11.6. The van der Waals surface area contributed by atoms with Gasteiger partial charge in [0.2, 0.25) is 5.91 Å². The van der Waals surface area contributed by atoms with E-state index in [0.717, 1.165) is 0 Å². The van der Waals surface area contributed by atoms with E-state index < -0.39 is 15.1 Å². The number of nitrogens with one attached hydrogen (secondary N) is 1. The van der Waals surface area contributed by atoms with E-state index in [1.807, 2.05) is 0 Å². The first-order valence-electron chi connectivity index (χ1n) is 5.72. The minimum Gasteiger partial charge on any atom is -0.330 e. The average molecular weight is 270 g/mol. The van der Waals surface area contributed by atoms with Crippen LogP contribution in [0.15, 0.2) is 29.2 Å². The van der Waals surface area contributed by atoms with E-state index in [0.29, 0.717) is 5.69 Å². The van der Waals surface area contributed by atoms with Crippen LogP contribution in [0.4, 0.5) is 5.69 Å². The summed E-state index contributed by atoms with van der Waals surface area (Å²) in [7, 11) is -3.27. The van der Waals surface area contributed by atoms with E-state index in [2.05, 4.69) is 5.32 Å². The van der Waals surface area contributed by atoms with Crippen LogP contribution in [0.1, 0.15) is 20.3 Å². The Hall–Kier alpha value is -1.40. The molecule has 0 aliphatic carbocycles. The molecule has 0 saturated carbocycles. The molecule has 5 nitrogen and oxygen atoms in total. The summed E-state index contributed by atoms with van der Waals surface area (Å²) >= 11 is 0. The first kappa shape index (κ1) is 14.7. The van der Waals surface area contributed by atoms with Gasteiger partial charge in [0.15, 0.2) is 9.84 Å². The van der Waals surface area contributed by atoms with E-state index >= 15 is 0 Å². The SMILES string of the molecule is CC(C)S(=O)(=O)c1ccc(NC(=O)CCN)cc1. The predicted octanol–water partition coefficient (Wildman–Crippen LogP) is 1.16. The molecule has 1 amide bonds. The van der Waals surface area contributed by atoms with Crippen LogP contribution >= 0.6 is 0 Å². The summed E-state index contributed by atoms with van der Waals surface area (Å²) in [5, 5.41) is 2.17. The fourth-order valence-corrected chi connectivity index (χ4v) is 2.41. The van der Waals surface area contributed by atoms with Crippen molar-refractivity contribution in [1.82, 2.24) is 0 Å². The molecule has 0 unspecified atom stereocenters. The number of anilines is 1. The summed E-state index contributed by atoms with van der Waals surface area (Å²) in [5.74, 6) is -0.183. The number of carbonyl (C=O) groups is 1. The molecule has 0 atom stereocenters. The molecule has 0 fully saturated rings. The minimum absolute atomic E-state index is 0.183. The fourth-order valence-electron chi connectivity index (χ4n) is 1.35. The van der Waals surface area contributed by atoms with Crippen LogP contribution in [-0.4, -0.2) is 26.1 Å². The Morgan fingerprint density at radius 2 is 1.83 bits per heavy atom. The second kappa shape index (κ2) is 5.97. The largest absolute Gasteiger partial charge is 0.330 e. The van der Waals surface area contributed by atoms with Crippen molar-refractivity contribution in [2.45, 2.75) is 30.4 Å². The van der Waals surface area contributed by atoms with Gasteiger partial charge >= 0.3 is 0 Å². The third kappa shape index (κ3) is 3.54. The van der Waals surface area contributed by atoms with Gasteiger partial charge in [-0.1, -0.05) is 0 Å². The highest BCUT2D eigenvalue weighted by atomic mass is 32.2.